The van der Waals surface area contributed by atoms with Crippen LogP contribution in [-0.2, 0) is 4.79 Å². The Balaban J connectivity index is 1.94. The van der Waals surface area contributed by atoms with Gasteiger partial charge in [0.2, 0.25) is 5.91 Å². The molecule has 0 radical (unpaired) electrons. The Morgan fingerprint density at radius 1 is 1.30 bits per heavy atom. The highest BCUT2D eigenvalue weighted by atomic mass is 127. The number of anilines is 1. The van der Waals surface area contributed by atoms with Crippen LogP contribution in [0, 0.1) is 10.5 Å². The first-order chi connectivity index (χ1) is 9.56. The lowest BCUT2D eigenvalue weighted by molar-refractivity contribution is -0.113. The van der Waals surface area contributed by atoms with Gasteiger partial charge < -0.3 is 10.4 Å². The maximum Gasteiger partial charge on any atom is 0.234 e. The van der Waals surface area contributed by atoms with Crippen LogP contribution in [0.4, 0.5) is 5.69 Å². The van der Waals surface area contributed by atoms with Gasteiger partial charge in [-0.1, -0.05) is 12.1 Å². The van der Waals surface area contributed by atoms with E-state index in [1.165, 1.54) is 11.8 Å². The van der Waals surface area contributed by atoms with Crippen LogP contribution in [0.25, 0.3) is 0 Å². The number of phenolic OH excluding ortho intramolecular Hbond substituents is 1. The smallest absolute Gasteiger partial charge is 0.234 e. The number of aromatic hydroxyl groups is 1. The summed E-state index contributed by atoms with van der Waals surface area (Å²) < 4.78 is 1.14. The second-order valence-electron chi connectivity index (χ2n) is 4.26. The lowest BCUT2D eigenvalue weighted by atomic mass is 10.2. The summed E-state index contributed by atoms with van der Waals surface area (Å²) in [6.45, 7) is 1.97. The predicted octanol–water partition coefficient (Wildman–Crippen LogP) is 4.04. The number of hydrogen-bond donors (Lipinski definition) is 2. The lowest BCUT2D eigenvalue weighted by Gasteiger charge is -2.09. The zero-order valence-corrected chi connectivity index (χ0v) is 13.9. The zero-order chi connectivity index (χ0) is 14.5. The monoisotopic (exact) mass is 399 g/mol. The van der Waals surface area contributed by atoms with E-state index in [-0.39, 0.29) is 17.4 Å². The van der Waals surface area contributed by atoms with Crippen molar-refractivity contribution in [3.8, 4) is 5.75 Å². The molecule has 0 atom stereocenters. The molecule has 0 aliphatic carbocycles. The molecular formula is C15H14INO2S. The van der Waals surface area contributed by atoms with Crippen LogP contribution in [-0.4, -0.2) is 16.8 Å². The highest BCUT2D eigenvalue weighted by molar-refractivity contribution is 14.1. The number of phenols is 1. The summed E-state index contributed by atoms with van der Waals surface area (Å²) in [6, 6.07) is 12.9. The number of aryl methyl sites for hydroxylation is 1. The van der Waals surface area contributed by atoms with E-state index in [0.29, 0.717) is 4.90 Å². The van der Waals surface area contributed by atoms with Crippen molar-refractivity contribution in [2.75, 3.05) is 11.1 Å². The number of para-hydroxylation sites is 1. The molecule has 0 spiro atoms. The Kier molecular flexibility index (Phi) is 5.31. The summed E-state index contributed by atoms with van der Waals surface area (Å²) in [5.41, 5.74) is 1.87. The standard InChI is InChI=1S/C15H14INO2S/c1-10-8-11(16)6-7-12(10)17-15(19)9-20-14-5-3-2-4-13(14)18/h2-8,18H,9H2,1H3,(H,17,19). The first-order valence-corrected chi connectivity index (χ1v) is 8.09. The summed E-state index contributed by atoms with van der Waals surface area (Å²) in [7, 11) is 0. The lowest BCUT2D eigenvalue weighted by Crippen LogP contribution is -2.14. The van der Waals surface area contributed by atoms with Crippen molar-refractivity contribution in [1.29, 1.82) is 0 Å². The quantitative estimate of drug-likeness (QED) is 0.603. The Morgan fingerprint density at radius 2 is 2.05 bits per heavy atom. The molecule has 0 aromatic heterocycles. The van der Waals surface area contributed by atoms with E-state index >= 15 is 0 Å². The molecule has 2 aromatic carbocycles. The van der Waals surface area contributed by atoms with Crippen LogP contribution >= 0.6 is 34.4 Å². The maximum absolute atomic E-state index is 11.9. The number of benzene rings is 2. The van der Waals surface area contributed by atoms with Crippen LogP contribution < -0.4 is 5.32 Å². The van der Waals surface area contributed by atoms with Gasteiger partial charge in [-0.3, -0.25) is 4.79 Å². The van der Waals surface area contributed by atoms with E-state index in [1.807, 2.05) is 31.2 Å². The Hall–Kier alpha value is -1.21. The zero-order valence-electron chi connectivity index (χ0n) is 10.9. The van der Waals surface area contributed by atoms with Crippen molar-refractivity contribution in [2.24, 2.45) is 0 Å². The van der Waals surface area contributed by atoms with E-state index in [2.05, 4.69) is 27.9 Å². The van der Waals surface area contributed by atoms with Crippen LogP contribution in [0.3, 0.4) is 0 Å². The number of carbonyl (C=O) groups excluding carboxylic acids is 1. The molecule has 1 amide bonds. The molecule has 0 aliphatic rings. The van der Waals surface area contributed by atoms with Crippen LogP contribution in [0.15, 0.2) is 47.4 Å². The summed E-state index contributed by atoms with van der Waals surface area (Å²) in [5, 5.41) is 12.5. The van der Waals surface area contributed by atoms with E-state index in [9.17, 15) is 9.90 Å². The third-order valence-electron chi connectivity index (χ3n) is 2.69. The predicted molar refractivity (Wildman–Crippen MR) is 91.4 cm³/mol. The van der Waals surface area contributed by atoms with Gasteiger partial charge in [0.1, 0.15) is 5.75 Å². The van der Waals surface area contributed by atoms with Crippen molar-refractivity contribution in [3.63, 3.8) is 0 Å². The third kappa shape index (κ3) is 4.14. The first-order valence-electron chi connectivity index (χ1n) is 6.03. The second-order valence-corrected chi connectivity index (χ2v) is 6.53. The molecule has 0 fully saturated rings. The topological polar surface area (TPSA) is 49.3 Å². The van der Waals surface area contributed by atoms with Gasteiger partial charge in [-0.2, -0.15) is 0 Å². The molecule has 0 unspecified atom stereocenters. The van der Waals surface area contributed by atoms with Gasteiger partial charge in [0.25, 0.3) is 0 Å². The fourth-order valence-corrected chi connectivity index (χ4v) is 3.07. The van der Waals surface area contributed by atoms with Crippen LogP contribution in [0.5, 0.6) is 5.75 Å². The Labute approximate surface area is 135 Å². The summed E-state index contributed by atoms with van der Waals surface area (Å²) in [4.78, 5) is 12.6. The Bertz CT molecular complexity index is 631. The number of rotatable bonds is 4. The summed E-state index contributed by atoms with van der Waals surface area (Å²) in [6.07, 6.45) is 0. The van der Waals surface area contributed by atoms with Gasteiger partial charge in [0.15, 0.2) is 0 Å². The van der Waals surface area contributed by atoms with Gasteiger partial charge in [0, 0.05) is 14.2 Å². The molecule has 0 saturated carbocycles. The molecule has 3 nitrogen and oxygen atoms in total. The molecule has 2 aromatic rings. The highest BCUT2D eigenvalue weighted by Gasteiger charge is 2.07. The average molecular weight is 399 g/mol. The number of nitrogens with one attached hydrogen (secondary N) is 1. The SMILES string of the molecule is Cc1cc(I)ccc1NC(=O)CSc1ccccc1O. The Morgan fingerprint density at radius 3 is 2.75 bits per heavy atom. The largest absolute Gasteiger partial charge is 0.507 e. The van der Waals surface area contributed by atoms with Gasteiger partial charge in [-0.05, 0) is 65.4 Å². The summed E-state index contributed by atoms with van der Waals surface area (Å²) in [5.74, 6) is 0.390. The molecule has 5 heteroatoms. The molecule has 104 valence electrons. The van der Waals surface area contributed by atoms with E-state index in [0.717, 1.165) is 14.8 Å². The second kappa shape index (κ2) is 6.99. The average Bonchev–Trinajstić information content (AvgIpc) is 2.41. The molecule has 20 heavy (non-hydrogen) atoms. The minimum absolute atomic E-state index is 0.0810. The fourth-order valence-electron chi connectivity index (χ4n) is 1.68. The van der Waals surface area contributed by atoms with Crippen LogP contribution in [0.1, 0.15) is 5.56 Å². The first kappa shape index (κ1) is 15.2. The van der Waals surface area contributed by atoms with Gasteiger partial charge in [0.05, 0.1) is 5.75 Å². The van der Waals surface area contributed by atoms with Gasteiger partial charge in [-0.25, -0.2) is 0 Å². The molecule has 0 heterocycles. The number of carbonyl (C=O) groups is 1. The molecule has 0 aliphatic heterocycles. The van der Waals surface area contributed by atoms with Crippen molar-refractivity contribution in [3.05, 3.63) is 51.6 Å². The van der Waals surface area contributed by atoms with Crippen molar-refractivity contribution in [1.82, 2.24) is 0 Å². The third-order valence-corrected chi connectivity index (χ3v) is 4.42. The minimum atomic E-state index is -0.0810. The van der Waals surface area contributed by atoms with E-state index in [4.69, 9.17) is 0 Å². The van der Waals surface area contributed by atoms with Gasteiger partial charge in [-0.15, -0.1) is 11.8 Å². The van der Waals surface area contributed by atoms with E-state index in [1.54, 1.807) is 18.2 Å². The number of halogens is 1. The van der Waals surface area contributed by atoms with E-state index < -0.39 is 0 Å². The summed E-state index contributed by atoms with van der Waals surface area (Å²) >= 11 is 3.56. The van der Waals surface area contributed by atoms with Crippen molar-refractivity contribution in [2.45, 2.75) is 11.8 Å². The maximum atomic E-state index is 11.9. The molecule has 2 N–H and O–H groups in total. The molecular weight excluding hydrogens is 385 g/mol. The number of amides is 1. The molecule has 0 saturated heterocycles. The number of hydrogen-bond acceptors (Lipinski definition) is 3. The molecule has 2 rings (SSSR count). The van der Waals surface area contributed by atoms with Crippen molar-refractivity contribution < 1.29 is 9.90 Å². The normalized spacial score (nSPS) is 10.3. The van der Waals surface area contributed by atoms with Crippen LogP contribution in [0.2, 0.25) is 0 Å². The van der Waals surface area contributed by atoms with Crippen molar-refractivity contribution >= 4 is 45.9 Å². The number of thioether (sulfide) groups is 1. The fraction of sp³-hybridized carbons (Fsp3) is 0.133. The highest BCUT2D eigenvalue weighted by Crippen LogP contribution is 2.27. The van der Waals surface area contributed by atoms with Gasteiger partial charge >= 0.3 is 0 Å². The molecule has 0 bridgehead atoms. The minimum Gasteiger partial charge on any atom is -0.507 e.